The van der Waals surface area contributed by atoms with E-state index in [1.54, 1.807) is 9.80 Å². The van der Waals surface area contributed by atoms with Gasteiger partial charge in [0.2, 0.25) is 35.4 Å². The molecule has 3 saturated heterocycles. The number of benzene rings is 6. The van der Waals surface area contributed by atoms with Gasteiger partial charge < -0.3 is 40.5 Å². The second-order valence-electron chi connectivity index (χ2n) is 23.4. The molecule has 7 amide bonds. The summed E-state index contributed by atoms with van der Waals surface area (Å²) in [5, 5.41) is 11.9. The Morgan fingerprint density at radius 3 is 1.53 bits per heavy atom. The summed E-state index contributed by atoms with van der Waals surface area (Å²) in [6.07, 6.45) is 11.6. The van der Waals surface area contributed by atoms with E-state index < -0.39 is 42.0 Å². The smallest absolute Gasteiger partial charge is 0.410 e. The minimum Gasteiger partial charge on any atom is -0.445 e. The third-order valence-corrected chi connectivity index (χ3v) is 15.7. The van der Waals surface area contributed by atoms with Crippen LogP contribution in [0.3, 0.4) is 0 Å². The number of carbonyl (C=O) groups is 7. The summed E-state index contributed by atoms with van der Waals surface area (Å²) in [5.41, 5.74) is 8.19. The lowest BCUT2D eigenvalue weighted by Crippen LogP contribution is -2.43. The van der Waals surface area contributed by atoms with Crippen LogP contribution < -0.4 is 21.3 Å². The maximum atomic E-state index is 13.9. The van der Waals surface area contributed by atoms with Crippen LogP contribution in [0.4, 0.5) is 27.5 Å². The topological polar surface area (TPSA) is 196 Å². The van der Waals surface area contributed by atoms with E-state index in [2.05, 4.69) is 21.3 Å². The first-order valence-electron chi connectivity index (χ1n) is 29.3. The number of nitrogens with zero attached hydrogens (tertiary/aromatic N) is 3. The van der Waals surface area contributed by atoms with Crippen molar-refractivity contribution in [3.63, 3.8) is 0 Å². The van der Waals surface area contributed by atoms with Gasteiger partial charge in [-0.05, 0) is 147 Å². The van der Waals surface area contributed by atoms with Gasteiger partial charge in [0.25, 0.3) is 0 Å². The van der Waals surface area contributed by atoms with Crippen LogP contribution in [-0.2, 0) is 51.3 Å². The molecule has 1 unspecified atom stereocenters. The zero-order valence-electron chi connectivity index (χ0n) is 48.5. The molecule has 3 aliphatic heterocycles. The molecule has 0 radical (unpaired) electrons. The SMILES string of the molecule is CC(=O)N1C(c2cccc(COC(=O)N3C[C@H](OC(C)(C)C)C[C@H]3C(=O)Nc3ccc(/C=C/c4ccc(NC(=O)C5CC5)cc4)cc3)c2)CC[C@H]1C(=O)Nc1ccc(/C=C/c2ccc(NC(=O)[C@@H]3CCCN3C(=O)Cc3ccccc3)cc2)cc1. The van der Waals surface area contributed by atoms with Crippen molar-refractivity contribution in [1.29, 1.82) is 0 Å². The number of hydrogen-bond acceptors (Lipinski definition) is 9. The summed E-state index contributed by atoms with van der Waals surface area (Å²) >= 11 is 0. The van der Waals surface area contributed by atoms with E-state index in [1.165, 1.54) is 11.8 Å². The standard InChI is InChI=1S/C69H73N7O9/c1-45(77)76-59(37-38-61(76)66(81)72-56-33-23-48(24-34-56)18-17-47-21-31-55(32-22-47)71-65(80)60-14-9-39-74(60)63(78)41-50-10-6-5-7-11-50)53-13-8-12-51(40-53)44-84-68(83)75-43-58(85-69(2,3)4)42-62(75)67(82)73-57-35-25-49(26-36-57)16-15-46-19-29-54(30-20-46)70-64(79)52-27-28-52/h5-8,10-13,15-26,29-36,40,52,58-62H,9,14,27-28,37-39,41-44H2,1-4H3,(H,70,79)(H,71,80)(H,72,81)(H,73,82)/b16-15+,18-17+/t58-,59?,60+,61+,62+/m1/s1. The van der Waals surface area contributed by atoms with Crippen molar-refractivity contribution in [3.05, 3.63) is 191 Å². The van der Waals surface area contributed by atoms with Crippen LogP contribution in [0, 0.1) is 5.92 Å². The normalized spacial score (nSPS) is 19.5. The minimum absolute atomic E-state index is 0.0513. The predicted molar refractivity (Wildman–Crippen MR) is 330 cm³/mol. The lowest BCUT2D eigenvalue weighted by Gasteiger charge is -2.29. The van der Waals surface area contributed by atoms with Crippen molar-refractivity contribution in [1.82, 2.24) is 14.7 Å². The Morgan fingerprint density at radius 2 is 1.02 bits per heavy atom. The fourth-order valence-electron chi connectivity index (χ4n) is 11.4. The lowest BCUT2D eigenvalue weighted by molar-refractivity contribution is -0.137. The quantitative estimate of drug-likeness (QED) is 0.0606. The summed E-state index contributed by atoms with van der Waals surface area (Å²) in [4.78, 5) is 98.3. The molecule has 4 N–H and O–H groups in total. The Morgan fingerprint density at radius 1 is 0.529 bits per heavy atom. The molecule has 3 heterocycles. The molecule has 85 heavy (non-hydrogen) atoms. The largest absolute Gasteiger partial charge is 0.445 e. The second kappa shape index (κ2) is 26.6. The molecule has 0 bridgehead atoms. The highest BCUT2D eigenvalue weighted by Crippen LogP contribution is 2.38. The van der Waals surface area contributed by atoms with Crippen LogP contribution in [0.5, 0.6) is 0 Å². The average molecular weight is 1140 g/mol. The maximum absolute atomic E-state index is 13.9. The number of amides is 7. The van der Waals surface area contributed by atoms with Gasteiger partial charge in [-0.1, -0.05) is 127 Å². The molecular formula is C69H73N7O9. The van der Waals surface area contributed by atoms with Crippen LogP contribution in [-0.4, -0.2) is 99.2 Å². The number of anilines is 4. The number of likely N-dealkylation sites (tertiary alicyclic amines) is 3. The van der Waals surface area contributed by atoms with Crippen molar-refractivity contribution >= 4 is 88.6 Å². The summed E-state index contributed by atoms with van der Waals surface area (Å²) in [6.45, 7) is 7.89. The Balaban J connectivity index is 0.699. The first-order valence-corrected chi connectivity index (χ1v) is 29.3. The summed E-state index contributed by atoms with van der Waals surface area (Å²) < 4.78 is 12.2. The lowest BCUT2D eigenvalue weighted by atomic mass is 10.0. The van der Waals surface area contributed by atoms with E-state index in [4.69, 9.17) is 9.47 Å². The Kier molecular flexibility index (Phi) is 18.5. The summed E-state index contributed by atoms with van der Waals surface area (Å²) in [7, 11) is 0. The van der Waals surface area contributed by atoms with E-state index in [1.807, 2.05) is 197 Å². The number of rotatable bonds is 18. The molecule has 1 saturated carbocycles. The number of hydrogen-bond donors (Lipinski definition) is 4. The molecule has 0 aromatic heterocycles. The van der Waals surface area contributed by atoms with Gasteiger partial charge in [0.05, 0.1) is 30.7 Å². The van der Waals surface area contributed by atoms with Crippen LogP contribution in [0.25, 0.3) is 24.3 Å². The predicted octanol–water partition coefficient (Wildman–Crippen LogP) is 11.8. The first-order chi connectivity index (χ1) is 41.0. The van der Waals surface area contributed by atoms with Crippen LogP contribution in [0.2, 0.25) is 0 Å². The van der Waals surface area contributed by atoms with Gasteiger partial charge in [-0.15, -0.1) is 0 Å². The third-order valence-electron chi connectivity index (χ3n) is 15.7. The molecule has 5 atom stereocenters. The molecule has 1 aliphatic carbocycles. The Bertz CT molecular complexity index is 3450. The van der Waals surface area contributed by atoms with Crippen LogP contribution in [0.15, 0.2) is 152 Å². The second-order valence-corrected chi connectivity index (χ2v) is 23.4. The van der Waals surface area contributed by atoms with E-state index in [-0.39, 0.29) is 67.4 Å². The molecule has 10 rings (SSSR count). The molecule has 4 fully saturated rings. The van der Waals surface area contributed by atoms with Crippen molar-refractivity contribution < 1.29 is 43.0 Å². The van der Waals surface area contributed by atoms with E-state index in [0.29, 0.717) is 48.4 Å². The number of nitrogens with one attached hydrogen (secondary N) is 4. The number of carbonyl (C=O) groups excluding carboxylic acids is 7. The molecule has 16 heteroatoms. The molecule has 6 aromatic carbocycles. The highest BCUT2D eigenvalue weighted by molar-refractivity contribution is 6.00. The fourth-order valence-corrected chi connectivity index (χ4v) is 11.4. The van der Waals surface area contributed by atoms with Crippen molar-refractivity contribution in [2.45, 2.75) is 122 Å². The minimum atomic E-state index is -0.858. The third kappa shape index (κ3) is 15.7. The van der Waals surface area contributed by atoms with Gasteiger partial charge in [0.1, 0.15) is 24.7 Å². The molecular weight excluding hydrogens is 1070 g/mol. The van der Waals surface area contributed by atoms with Gasteiger partial charge in [-0.3, -0.25) is 33.7 Å². The van der Waals surface area contributed by atoms with Gasteiger partial charge in [-0.25, -0.2) is 4.79 Å². The van der Waals surface area contributed by atoms with E-state index >= 15 is 0 Å². The maximum Gasteiger partial charge on any atom is 0.410 e. The van der Waals surface area contributed by atoms with Gasteiger partial charge in [0, 0.05) is 48.6 Å². The summed E-state index contributed by atoms with van der Waals surface area (Å²) in [6, 6.07) is 44.6. The van der Waals surface area contributed by atoms with Crippen molar-refractivity contribution in [3.8, 4) is 0 Å². The summed E-state index contributed by atoms with van der Waals surface area (Å²) in [5.74, 6) is -0.941. The van der Waals surface area contributed by atoms with Crippen LogP contribution in [0.1, 0.15) is 118 Å². The Hall–Kier alpha value is -9.15. The molecule has 16 nitrogen and oxygen atoms in total. The fraction of sp³-hybridized carbons (Fsp3) is 0.319. The Labute approximate surface area is 496 Å². The molecule has 0 spiro atoms. The zero-order chi connectivity index (χ0) is 59.6. The van der Waals surface area contributed by atoms with Gasteiger partial charge in [-0.2, -0.15) is 0 Å². The van der Waals surface area contributed by atoms with Gasteiger partial charge in [0.15, 0.2) is 0 Å². The molecule has 438 valence electrons. The van der Waals surface area contributed by atoms with Crippen molar-refractivity contribution in [2.24, 2.45) is 5.92 Å². The highest BCUT2D eigenvalue weighted by atomic mass is 16.6. The first kappa shape index (κ1) is 59.0. The van der Waals surface area contributed by atoms with E-state index in [9.17, 15) is 33.6 Å². The van der Waals surface area contributed by atoms with Crippen LogP contribution >= 0.6 is 0 Å². The van der Waals surface area contributed by atoms with E-state index in [0.717, 1.165) is 58.3 Å². The number of ether oxygens (including phenoxy) is 2. The zero-order valence-corrected chi connectivity index (χ0v) is 48.5. The van der Waals surface area contributed by atoms with Crippen molar-refractivity contribution in [2.75, 3.05) is 34.4 Å². The van der Waals surface area contributed by atoms with Gasteiger partial charge >= 0.3 is 6.09 Å². The average Bonchev–Trinajstić information content (AvgIpc) is 2.89. The molecule has 6 aromatic rings. The monoisotopic (exact) mass is 1140 g/mol. The highest BCUT2D eigenvalue weighted by Gasteiger charge is 2.43. The molecule has 4 aliphatic rings.